The minimum absolute atomic E-state index is 0.0357. The Morgan fingerprint density at radius 3 is 1.74 bits per heavy atom. The summed E-state index contributed by atoms with van der Waals surface area (Å²) in [5.74, 6) is -0.684. The van der Waals surface area contributed by atoms with Gasteiger partial charge >= 0.3 is 18.0 Å². The molecule has 0 spiro atoms. The van der Waals surface area contributed by atoms with E-state index in [1.807, 2.05) is 13.8 Å². The third-order valence-corrected chi connectivity index (χ3v) is 2.68. The van der Waals surface area contributed by atoms with Gasteiger partial charge in [-0.2, -0.15) is 0 Å². The van der Waals surface area contributed by atoms with Crippen molar-refractivity contribution in [2.24, 2.45) is 0 Å². The van der Waals surface area contributed by atoms with Crippen LogP contribution in [-0.4, -0.2) is 37.7 Å². The molecule has 0 aromatic carbocycles. The fourth-order valence-electron chi connectivity index (χ4n) is 1.50. The molecule has 0 aliphatic rings. The first-order valence-corrected chi connectivity index (χ1v) is 8.01. The molecule has 0 fully saturated rings. The van der Waals surface area contributed by atoms with Crippen molar-refractivity contribution in [3.63, 3.8) is 0 Å². The van der Waals surface area contributed by atoms with Crippen LogP contribution in [0.2, 0.25) is 0 Å². The van der Waals surface area contributed by atoms with Gasteiger partial charge in [0.15, 0.2) is 0 Å². The quantitative estimate of drug-likeness (QED) is 0.277. The lowest BCUT2D eigenvalue weighted by atomic mass is 10.3. The highest BCUT2D eigenvalue weighted by molar-refractivity contribution is 5.86. The molecule has 132 valence electrons. The fraction of sp³-hybridized carbons (Fsp3) is 0.667. The summed E-state index contributed by atoms with van der Waals surface area (Å²) in [5.41, 5.74) is 0. The Balaban J connectivity index is 4.59. The first-order valence-electron chi connectivity index (χ1n) is 8.01. The summed E-state index contributed by atoms with van der Waals surface area (Å²) in [6.07, 6.45) is 4.61. The minimum atomic E-state index is -0.648. The number of rotatable bonds is 10. The minimum Gasteiger partial charge on any atom is -0.463 e. The molecular weight excluding hydrogens is 300 g/mol. The molecule has 8 nitrogen and oxygen atoms in total. The van der Waals surface area contributed by atoms with E-state index in [0.29, 0.717) is 13.1 Å². The summed E-state index contributed by atoms with van der Waals surface area (Å²) in [4.78, 5) is 34.9. The molecule has 0 atom stereocenters. The van der Waals surface area contributed by atoms with Gasteiger partial charge in [0.05, 0.1) is 12.7 Å². The van der Waals surface area contributed by atoms with E-state index in [1.165, 1.54) is 0 Å². The summed E-state index contributed by atoms with van der Waals surface area (Å²) in [5, 5.41) is 10.1. The molecule has 0 bridgehead atoms. The molecule has 0 radical (unpaired) electrons. The zero-order valence-electron chi connectivity index (χ0n) is 14.2. The van der Waals surface area contributed by atoms with E-state index in [1.54, 1.807) is 6.92 Å². The maximum absolute atomic E-state index is 11.7. The van der Waals surface area contributed by atoms with Crippen molar-refractivity contribution in [2.45, 2.75) is 46.5 Å². The molecule has 0 saturated heterocycles. The molecular formula is C15H28N4O4. The van der Waals surface area contributed by atoms with Crippen molar-refractivity contribution in [2.75, 3.05) is 19.7 Å². The Labute approximate surface area is 137 Å². The molecule has 0 aliphatic heterocycles. The number of amides is 4. The van der Waals surface area contributed by atoms with Crippen LogP contribution in [0.4, 0.5) is 9.59 Å². The summed E-state index contributed by atoms with van der Waals surface area (Å²) < 4.78 is 4.77. The molecule has 0 saturated carbocycles. The summed E-state index contributed by atoms with van der Waals surface area (Å²) in [6, 6.07) is -0.995. The topological polar surface area (TPSA) is 109 Å². The van der Waals surface area contributed by atoms with Crippen LogP contribution in [0.15, 0.2) is 11.9 Å². The van der Waals surface area contributed by atoms with Crippen molar-refractivity contribution < 1.29 is 19.1 Å². The largest absolute Gasteiger partial charge is 0.463 e. The Bertz CT molecular complexity index is 384. The van der Waals surface area contributed by atoms with Gasteiger partial charge in [-0.15, -0.1) is 0 Å². The van der Waals surface area contributed by atoms with Gasteiger partial charge in [-0.05, 0) is 19.8 Å². The number of urea groups is 2. The van der Waals surface area contributed by atoms with Crippen LogP contribution in [0.1, 0.15) is 46.5 Å². The van der Waals surface area contributed by atoms with E-state index < -0.39 is 18.0 Å². The molecule has 23 heavy (non-hydrogen) atoms. The number of nitrogens with one attached hydrogen (secondary N) is 4. The second kappa shape index (κ2) is 13.4. The van der Waals surface area contributed by atoms with Crippen LogP contribution in [-0.2, 0) is 9.53 Å². The molecule has 0 aliphatic carbocycles. The molecule has 0 aromatic rings. The number of hydrogen-bond acceptors (Lipinski definition) is 4. The third-order valence-electron chi connectivity index (χ3n) is 2.68. The van der Waals surface area contributed by atoms with Crippen molar-refractivity contribution in [3.8, 4) is 0 Å². The highest BCUT2D eigenvalue weighted by Gasteiger charge is 2.10. The number of esters is 1. The van der Waals surface area contributed by atoms with Gasteiger partial charge in [0, 0.05) is 13.1 Å². The number of carbonyl (C=O) groups excluding carboxylic acids is 3. The summed E-state index contributed by atoms with van der Waals surface area (Å²) in [6.45, 7) is 6.91. The lowest BCUT2D eigenvalue weighted by molar-refractivity contribution is -0.137. The highest BCUT2D eigenvalue weighted by Crippen LogP contribution is 1.90. The Hall–Kier alpha value is -2.25. The van der Waals surface area contributed by atoms with Gasteiger partial charge < -0.3 is 15.4 Å². The van der Waals surface area contributed by atoms with E-state index in [4.69, 9.17) is 4.74 Å². The van der Waals surface area contributed by atoms with Gasteiger partial charge in [-0.25, -0.2) is 14.4 Å². The van der Waals surface area contributed by atoms with Crippen LogP contribution < -0.4 is 21.3 Å². The van der Waals surface area contributed by atoms with Crippen LogP contribution in [0, 0.1) is 0 Å². The second-order valence-electron chi connectivity index (χ2n) is 4.78. The molecule has 4 amide bonds. The van der Waals surface area contributed by atoms with E-state index in [9.17, 15) is 14.4 Å². The third kappa shape index (κ3) is 12.0. The standard InChI is InChI=1S/C15H28N4O4/c1-4-7-9-16-14(21)18-12(11-13(20)23-6-3)19-15(22)17-10-8-5-2/h11H,4-10H2,1-3H3,(H2,16,18,21)(H2,17,19,22). The van der Waals surface area contributed by atoms with Crippen molar-refractivity contribution in [1.29, 1.82) is 0 Å². The predicted octanol–water partition coefficient (Wildman–Crippen LogP) is 1.59. The Morgan fingerprint density at radius 1 is 0.870 bits per heavy atom. The number of ether oxygens (including phenoxy) is 1. The van der Waals surface area contributed by atoms with Crippen molar-refractivity contribution in [1.82, 2.24) is 21.3 Å². The van der Waals surface area contributed by atoms with Gasteiger partial charge in [0.1, 0.15) is 5.82 Å². The number of hydrogen-bond donors (Lipinski definition) is 4. The molecule has 0 rings (SSSR count). The Kier molecular flexibility index (Phi) is 12.1. The van der Waals surface area contributed by atoms with E-state index in [-0.39, 0.29) is 12.4 Å². The zero-order chi connectivity index (χ0) is 17.5. The molecule has 0 aromatic heterocycles. The number of carbonyl (C=O) groups is 3. The molecule has 0 heterocycles. The van der Waals surface area contributed by atoms with Crippen molar-refractivity contribution in [3.05, 3.63) is 11.9 Å². The van der Waals surface area contributed by atoms with Gasteiger partial charge in [0.2, 0.25) is 0 Å². The van der Waals surface area contributed by atoms with E-state index >= 15 is 0 Å². The van der Waals surface area contributed by atoms with Crippen molar-refractivity contribution >= 4 is 18.0 Å². The SMILES string of the molecule is CCCCNC(=O)NC(=CC(=O)OCC)NC(=O)NCCCC. The first kappa shape index (κ1) is 20.8. The van der Waals surface area contributed by atoms with Gasteiger partial charge in [-0.3, -0.25) is 10.6 Å². The highest BCUT2D eigenvalue weighted by atomic mass is 16.5. The molecule has 4 N–H and O–H groups in total. The predicted molar refractivity (Wildman–Crippen MR) is 87.6 cm³/mol. The Morgan fingerprint density at radius 2 is 1.35 bits per heavy atom. The lowest BCUT2D eigenvalue weighted by Gasteiger charge is -2.13. The molecule has 0 unspecified atom stereocenters. The normalized spacial score (nSPS) is 9.52. The lowest BCUT2D eigenvalue weighted by Crippen LogP contribution is -2.44. The fourth-order valence-corrected chi connectivity index (χ4v) is 1.50. The maximum Gasteiger partial charge on any atom is 0.334 e. The molecule has 8 heteroatoms. The van der Waals surface area contributed by atoms with E-state index in [0.717, 1.165) is 31.8 Å². The van der Waals surface area contributed by atoms with Gasteiger partial charge in [-0.1, -0.05) is 26.7 Å². The number of unbranched alkanes of at least 4 members (excludes halogenated alkanes) is 2. The van der Waals surface area contributed by atoms with Crippen LogP contribution >= 0.6 is 0 Å². The zero-order valence-corrected chi connectivity index (χ0v) is 14.2. The van der Waals surface area contributed by atoms with Gasteiger partial charge in [0.25, 0.3) is 0 Å². The first-order chi connectivity index (χ1) is 11.0. The van der Waals surface area contributed by atoms with Crippen LogP contribution in [0.25, 0.3) is 0 Å². The smallest absolute Gasteiger partial charge is 0.334 e. The second-order valence-corrected chi connectivity index (χ2v) is 4.78. The monoisotopic (exact) mass is 328 g/mol. The van der Waals surface area contributed by atoms with Crippen LogP contribution in [0.3, 0.4) is 0 Å². The van der Waals surface area contributed by atoms with E-state index in [2.05, 4.69) is 21.3 Å². The summed E-state index contributed by atoms with van der Waals surface area (Å²) >= 11 is 0. The van der Waals surface area contributed by atoms with Crippen LogP contribution in [0.5, 0.6) is 0 Å². The summed E-state index contributed by atoms with van der Waals surface area (Å²) in [7, 11) is 0. The average Bonchev–Trinajstić information content (AvgIpc) is 2.47. The average molecular weight is 328 g/mol. The maximum atomic E-state index is 11.7.